The number of ether oxygens (including phenoxy) is 2. The summed E-state index contributed by atoms with van der Waals surface area (Å²) >= 11 is 0. The predicted molar refractivity (Wildman–Crippen MR) is 111 cm³/mol. The molecule has 0 aliphatic heterocycles. The zero-order valence-corrected chi connectivity index (χ0v) is 17.0. The van der Waals surface area contributed by atoms with Gasteiger partial charge < -0.3 is 24.7 Å². The summed E-state index contributed by atoms with van der Waals surface area (Å²) in [6.45, 7) is 0.930. The molecule has 1 fully saturated rings. The van der Waals surface area contributed by atoms with Crippen LogP contribution in [0.3, 0.4) is 0 Å². The molecule has 2 unspecified atom stereocenters. The van der Waals surface area contributed by atoms with Gasteiger partial charge in [-0.2, -0.15) is 0 Å². The van der Waals surface area contributed by atoms with E-state index in [4.69, 9.17) is 9.47 Å². The fraction of sp³-hybridized carbons (Fsp3) is 0.381. The summed E-state index contributed by atoms with van der Waals surface area (Å²) in [5.74, 6) is 2.20. The summed E-state index contributed by atoms with van der Waals surface area (Å²) in [5, 5.41) is 3.84. The number of H-pyrrole nitrogens is 1. The van der Waals surface area contributed by atoms with Crippen LogP contribution in [-0.4, -0.2) is 60.6 Å². The number of carbonyl (C=O) groups excluding carboxylic acids is 1. The van der Waals surface area contributed by atoms with Crippen LogP contribution in [0.5, 0.6) is 11.6 Å². The van der Waals surface area contributed by atoms with Crippen molar-refractivity contribution in [3.05, 3.63) is 30.6 Å². The maximum Gasteiger partial charge on any atom is 0.228 e. The number of hydrogen-bond acceptors (Lipinski definition) is 6. The van der Waals surface area contributed by atoms with Gasteiger partial charge >= 0.3 is 0 Å². The topological polar surface area (TPSA) is 92.4 Å². The van der Waals surface area contributed by atoms with Crippen LogP contribution in [0.1, 0.15) is 6.42 Å². The molecule has 2 N–H and O–H groups in total. The van der Waals surface area contributed by atoms with E-state index in [1.807, 2.05) is 32.4 Å². The molecule has 1 aliphatic carbocycles. The summed E-state index contributed by atoms with van der Waals surface area (Å²) in [4.78, 5) is 26.6. The second-order valence-corrected chi connectivity index (χ2v) is 7.55. The van der Waals surface area contributed by atoms with Crippen LogP contribution in [0.4, 0.5) is 5.82 Å². The average Bonchev–Trinajstić information content (AvgIpc) is 3.35. The zero-order valence-electron chi connectivity index (χ0n) is 17.0. The van der Waals surface area contributed by atoms with E-state index in [1.54, 1.807) is 26.5 Å². The number of nitrogens with one attached hydrogen (secondary N) is 2. The highest BCUT2D eigenvalue weighted by atomic mass is 16.5. The minimum atomic E-state index is 0.0334. The zero-order chi connectivity index (χ0) is 20.5. The number of hydrogen-bond donors (Lipinski definition) is 2. The molecule has 8 nitrogen and oxygen atoms in total. The second-order valence-electron chi connectivity index (χ2n) is 7.55. The molecular formula is C21H25N5O3. The van der Waals surface area contributed by atoms with Crippen LogP contribution < -0.4 is 14.8 Å². The predicted octanol–water partition coefficient (Wildman–Crippen LogP) is 2.78. The fourth-order valence-corrected chi connectivity index (χ4v) is 3.74. The normalized spacial score (nSPS) is 18.1. The van der Waals surface area contributed by atoms with Gasteiger partial charge in [0, 0.05) is 35.8 Å². The van der Waals surface area contributed by atoms with Gasteiger partial charge in [0.15, 0.2) is 0 Å². The van der Waals surface area contributed by atoms with Gasteiger partial charge in [-0.25, -0.2) is 9.97 Å². The van der Waals surface area contributed by atoms with Gasteiger partial charge in [0.1, 0.15) is 17.2 Å². The third kappa shape index (κ3) is 3.75. The van der Waals surface area contributed by atoms with Gasteiger partial charge in [0.25, 0.3) is 0 Å². The molecule has 2 atom stereocenters. The van der Waals surface area contributed by atoms with Crippen LogP contribution in [0.15, 0.2) is 30.6 Å². The van der Waals surface area contributed by atoms with Crippen molar-refractivity contribution in [3.63, 3.8) is 0 Å². The number of methoxy groups -OCH3 is 2. The van der Waals surface area contributed by atoms with Crippen LogP contribution in [0, 0.1) is 11.8 Å². The first-order chi connectivity index (χ1) is 14.0. The number of aromatic amines is 1. The molecule has 152 valence electrons. The Bertz CT molecular complexity index is 1020. The monoisotopic (exact) mass is 395 g/mol. The molecule has 1 amide bonds. The van der Waals surface area contributed by atoms with E-state index in [-0.39, 0.29) is 11.8 Å². The van der Waals surface area contributed by atoms with Crippen LogP contribution in [-0.2, 0) is 4.79 Å². The lowest BCUT2D eigenvalue weighted by molar-refractivity contribution is -0.117. The summed E-state index contributed by atoms with van der Waals surface area (Å²) in [7, 11) is 7.24. The highest BCUT2D eigenvalue weighted by molar-refractivity contribution is 5.99. The lowest BCUT2D eigenvalue weighted by atomic mass is 10.1. The SMILES string of the molecule is COc1ccnc(OC)c1-c1c[nH]c2nc(NC(=O)C3CC3CN(C)C)ccc12. The maximum absolute atomic E-state index is 12.5. The number of rotatable bonds is 7. The molecule has 3 aromatic heterocycles. The Labute approximate surface area is 169 Å². The molecule has 0 saturated heterocycles. The first kappa shape index (κ1) is 19.2. The molecule has 0 aromatic carbocycles. The Morgan fingerprint density at radius 3 is 2.83 bits per heavy atom. The fourth-order valence-electron chi connectivity index (χ4n) is 3.74. The van der Waals surface area contributed by atoms with Crippen molar-refractivity contribution < 1.29 is 14.3 Å². The van der Waals surface area contributed by atoms with E-state index in [2.05, 4.69) is 25.2 Å². The van der Waals surface area contributed by atoms with Gasteiger partial charge in [-0.1, -0.05) is 0 Å². The van der Waals surface area contributed by atoms with Crippen molar-refractivity contribution in [3.8, 4) is 22.8 Å². The maximum atomic E-state index is 12.5. The van der Waals surface area contributed by atoms with Gasteiger partial charge in [0.2, 0.25) is 11.8 Å². The van der Waals surface area contributed by atoms with Crippen molar-refractivity contribution in [1.82, 2.24) is 19.9 Å². The van der Waals surface area contributed by atoms with Gasteiger partial charge in [0.05, 0.1) is 19.8 Å². The summed E-state index contributed by atoms with van der Waals surface area (Å²) in [5.41, 5.74) is 2.30. The third-order valence-corrected chi connectivity index (χ3v) is 5.21. The Balaban J connectivity index is 1.59. The number of aromatic nitrogens is 3. The highest BCUT2D eigenvalue weighted by Crippen LogP contribution is 2.41. The van der Waals surface area contributed by atoms with E-state index < -0.39 is 0 Å². The number of fused-ring (bicyclic) bond motifs is 1. The van der Waals surface area contributed by atoms with Crippen LogP contribution in [0.2, 0.25) is 0 Å². The number of anilines is 1. The number of carbonyl (C=O) groups is 1. The van der Waals surface area contributed by atoms with Crippen molar-refractivity contribution in [1.29, 1.82) is 0 Å². The molecule has 3 aromatic rings. The summed E-state index contributed by atoms with van der Waals surface area (Å²) in [6, 6.07) is 5.54. The average molecular weight is 395 g/mol. The smallest absolute Gasteiger partial charge is 0.228 e. The number of amides is 1. The Morgan fingerprint density at radius 2 is 2.10 bits per heavy atom. The Morgan fingerprint density at radius 1 is 1.28 bits per heavy atom. The first-order valence-electron chi connectivity index (χ1n) is 9.53. The molecule has 3 heterocycles. The van der Waals surface area contributed by atoms with Gasteiger partial charge in [-0.15, -0.1) is 0 Å². The number of pyridine rings is 2. The number of nitrogens with zero attached hydrogens (tertiary/aromatic N) is 3. The van der Waals surface area contributed by atoms with Crippen molar-refractivity contribution in [2.24, 2.45) is 11.8 Å². The van der Waals surface area contributed by atoms with Crippen LogP contribution >= 0.6 is 0 Å². The van der Waals surface area contributed by atoms with Crippen LogP contribution in [0.25, 0.3) is 22.2 Å². The Hall–Kier alpha value is -3.13. The summed E-state index contributed by atoms with van der Waals surface area (Å²) in [6.07, 6.45) is 4.42. The lowest BCUT2D eigenvalue weighted by Gasteiger charge is -2.11. The molecule has 0 radical (unpaired) electrons. The van der Waals surface area contributed by atoms with Crippen molar-refractivity contribution in [2.75, 3.05) is 40.2 Å². The summed E-state index contributed by atoms with van der Waals surface area (Å²) < 4.78 is 10.9. The highest BCUT2D eigenvalue weighted by Gasteiger charge is 2.43. The minimum absolute atomic E-state index is 0.0334. The largest absolute Gasteiger partial charge is 0.496 e. The first-order valence-corrected chi connectivity index (χ1v) is 9.53. The van der Waals surface area contributed by atoms with Gasteiger partial charge in [-0.05, 0) is 44.6 Å². The molecule has 0 spiro atoms. The van der Waals surface area contributed by atoms with E-state index >= 15 is 0 Å². The van der Waals surface area contributed by atoms with Crippen molar-refractivity contribution in [2.45, 2.75) is 6.42 Å². The van der Waals surface area contributed by atoms with E-state index in [0.717, 1.165) is 29.5 Å². The molecular weight excluding hydrogens is 370 g/mol. The third-order valence-electron chi connectivity index (χ3n) is 5.21. The molecule has 4 rings (SSSR count). The standard InChI is InChI=1S/C21H25N5O3/c1-26(2)11-12-9-14(12)20(27)25-17-6-5-13-15(10-23-19(13)24-17)18-16(28-3)7-8-22-21(18)29-4/h5-8,10,12,14H,9,11H2,1-4H3,(H2,23,24,25,27). The molecule has 0 bridgehead atoms. The van der Waals surface area contributed by atoms with Gasteiger partial charge in [-0.3, -0.25) is 4.79 Å². The molecule has 1 aliphatic rings. The quantitative estimate of drug-likeness (QED) is 0.639. The molecule has 1 saturated carbocycles. The van der Waals surface area contributed by atoms with E-state index in [9.17, 15) is 4.79 Å². The minimum Gasteiger partial charge on any atom is -0.496 e. The van der Waals surface area contributed by atoms with E-state index in [1.165, 1.54) is 0 Å². The lowest BCUT2D eigenvalue weighted by Crippen LogP contribution is -2.20. The molecule has 8 heteroatoms. The van der Waals surface area contributed by atoms with Crippen molar-refractivity contribution >= 4 is 22.8 Å². The van der Waals surface area contributed by atoms with E-state index in [0.29, 0.717) is 29.0 Å². The Kier molecular flexibility index (Phi) is 5.10. The molecule has 29 heavy (non-hydrogen) atoms. The second kappa shape index (κ2) is 7.71.